The van der Waals surface area contributed by atoms with Crippen LogP contribution in [0.2, 0.25) is 0 Å². The summed E-state index contributed by atoms with van der Waals surface area (Å²) < 4.78 is 0. The molecule has 0 aromatic heterocycles. The van der Waals surface area contributed by atoms with Crippen LogP contribution < -0.4 is 11.1 Å². The molecule has 0 radical (unpaired) electrons. The Kier molecular flexibility index (Phi) is 6.69. The first kappa shape index (κ1) is 18.0. The average Bonchev–Trinajstić information content (AvgIpc) is 2.48. The molecule has 21 heavy (non-hydrogen) atoms. The minimum absolute atomic E-state index is 0. The summed E-state index contributed by atoms with van der Waals surface area (Å²) in [5.74, 6) is 0.681. The summed E-state index contributed by atoms with van der Waals surface area (Å²) in [5.41, 5.74) is 6.16. The highest BCUT2D eigenvalue weighted by atomic mass is 35.5. The lowest BCUT2D eigenvalue weighted by molar-refractivity contribution is -0.127. The van der Waals surface area contributed by atoms with Gasteiger partial charge in [-0.3, -0.25) is 4.79 Å². The van der Waals surface area contributed by atoms with Crippen LogP contribution in [-0.2, 0) is 10.3 Å². The summed E-state index contributed by atoms with van der Waals surface area (Å²) in [4.78, 5) is 12.5. The first-order valence-electron chi connectivity index (χ1n) is 7.69. The summed E-state index contributed by atoms with van der Waals surface area (Å²) in [7, 11) is 0. The SMILES string of the molecule is CCC1CCCC(NC(=O)C(C)(N)c2ccccc2)C1.Cl. The molecule has 1 aliphatic carbocycles. The Hall–Kier alpha value is -1.06. The third-order valence-corrected chi connectivity index (χ3v) is 4.54. The molecule has 0 aliphatic heterocycles. The number of benzene rings is 1. The van der Waals surface area contributed by atoms with Crippen molar-refractivity contribution in [2.75, 3.05) is 0 Å². The molecule has 3 unspecified atom stereocenters. The smallest absolute Gasteiger partial charge is 0.244 e. The second-order valence-corrected chi connectivity index (χ2v) is 6.18. The third kappa shape index (κ3) is 4.45. The van der Waals surface area contributed by atoms with Crippen molar-refractivity contribution in [2.45, 2.75) is 57.5 Å². The van der Waals surface area contributed by atoms with Gasteiger partial charge in [-0.1, -0.05) is 56.5 Å². The number of rotatable bonds is 4. The molecule has 0 bridgehead atoms. The fourth-order valence-corrected chi connectivity index (χ4v) is 3.04. The van der Waals surface area contributed by atoms with E-state index in [1.807, 2.05) is 30.3 Å². The topological polar surface area (TPSA) is 55.1 Å². The van der Waals surface area contributed by atoms with Gasteiger partial charge in [-0.2, -0.15) is 0 Å². The summed E-state index contributed by atoms with van der Waals surface area (Å²) in [6, 6.07) is 9.88. The molecule has 118 valence electrons. The molecule has 1 aliphatic rings. The van der Waals surface area contributed by atoms with Crippen LogP contribution >= 0.6 is 12.4 Å². The van der Waals surface area contributed by atoms with E-state index in [0.29, 0.717) is 0 Å². The van der Waals surface area contributed by atoms with Crippen LogP contribution in [0.1, 0.15) is 51.5 Å². The molecular weight excluding hydrogens is 284 g/mol. The Bertz CT molecular complexity index is 447. The van der Waals surface area contributed by atoms with Crippen LogP contribution in [0.3, 0.4) is 0 Å². The molecular formula is C17H27ClN2O. The Balaban J connectivity index is 0.00000220. The van der Waals surface area contributed by atoms with Crippen molar-refractivity contribution >= 4 is 18.3 Å². The molecule has 1 aromatic rings. The molecule has 3 nitrogen and oxygen atoms in total. The van der Waals surface area contributed by atoms with Crippen LogP contribution in [0.25, 0.3) is 0 Å². The maximum atomic E-state index is 12.5. The van der Waals surface area contributed by atoms with Gasteiger partial charge in [0.05, 0.1) is 0 Å². The summed E-state index contributed by atoms with van der Waals surface area (Å²) in [6.07, 6.45) is 5.86. The maximum absolute atomic E-state index is 12.5. The summed E-state index contributed by atoms with van der Waals surface area (Å²) >= 11 is 0. The number of halogens is 1. The lowest BCUT2D eigenvalue weighted by atomic mass is 9.83. The summed E-state index contributed by atoms with van der Waals surface area (Å²) in [6.45, 7) is 4.02. The van der Waals surface area contributed by atoms with E-state index in [1.165, 1.54) is 19.3 Å². The average molecular weight is 311 g/mol. The molecule has 0 spiro atoms. The Labute approximate surface area is 134 Å². The van der Waals surface area contributed by atoms with E-state index in [2.05, 4.69) is 12.2 Å². The highest BCUT2D eigenvalue weighted by Crippen LogP contribution is 2.27. The lowest BCUT2D eigenvalue weighted by Crippen LogP contribution is -2.52. The number of hydrogen-bond acceptors (Lipinski definition) is 2. The van der Waals surface area contributed by atoms with E-state index in [4.69, 9.17) is 5.73 Å². The van der Waals surface area contributed by atoms with Crippen LogP contribution in [-0.4, -0.2) is 11.9 Å². The number of nitrogens with two attached hydrogens (primary N) is 1. The van der Waals surface area contributed by atoms with Gasteiger partial charge >= 0.3 is 0 Å². The first-order chi connectivity index (χ1) is 9.54. The highest BCUT2D eigenvalue weighted by Gasteiger charge is 2.32. The monoisotopic (exact) mass is 310 g/mol. The van der Waals surface area contributed by atoms with E-state index in [-0.39, 0.29) is 24.4 Å². The second-order valence-electron chi connectivity index (χ2n) is 6.18. The van der Waals surface area contributed by atoms with Crippen LogP contribution in [0.15, 0.2) is 30.3 Å². The van der Waals surface area contributed by atoms with Gasteiger partial charge in [0.25, 0.3) is 0 Å². The molecule has 0 heterocycles. The van der Waals surface area contributed by atoms with Gasteiger partial charge in [0.15, 0.2) is 0 Å². The van der Waals surface area contributed by atoms with E-state index < -0.39 is 5.54 Å². The largest absolute Gasteiger partial charge is 0.351 e. The molecule has 0 saturated heterocycles. The molecule has 3 N–H and O–H groups in total. The van der Waals surface area contributed by atoms with Crippen molar-refractivity contribution < 1.29 is 4.79 Å². The number of nitrogens with one attached hydrogen (secondary N) is 1. The Morgan fingerprint density at radius 1 is 1.33 bits per heavy atom. The van der Waals surface area contributed by atoms with Crippen molar-refractivity contribution in [3.05, 3.63) is 35.9 Å². The Morgan fingerprint density at radius 2 is 2.00 bits per heavy atom. The number of hydrogen-bond donors (Lipinski definition) is 2. The molecule has 1 fully saturated rings. The van der Waals surface area contributed by atoms with Crippen LogP contribution in [0.5, 0.6) is 0 Å². The molecule has 1 saturated carbocycles. The zero-order valence-corrected chi connectivity index (χ0v) is 13.8. The number of amides is 1. The van der Waals surface area contributed by atoms with E-state index in [1.54, 1.807) is 6.92 Å². The van der Waals surface area contributed by atoms with Crippen molar-refractivity contribution in [3.63, 3.8) is 0 Å². The van der Waals surface area contributed by atoms with Gasteiger partial charge < -0.3 is 11.1 Å². The van der Waals surface area contributed by atoms with Gasteiger partial charge in [-0.05, 0) is 31.2 Å². The molecule has 1 aromatic carbocycles. The lowest BCUT2D eigenvalue weighted by Gasteiger charge is -2.32. The zero-order valence-electron chi connectivity index (χ0n) is 13.0. The van der Waals surface area contributed by atoms with E-state index in [0.717, 1.165) is 24.3 Å². The predicted octanol–water partition coefficient (Wildman–Crippen LogP) is 3.37. The zero-order chi connectivity index (χ0) is 14.6. The van der Waals surface area contributed by atoms with E-state index in [9.17, 15) is 4.79 Å². The van der Waals surface area contributed by atoms with E-state index >= 15 is 0 Å². The molecule has 2 rings (SSSR count). The minimum atomic E-state index is -0.958. The second kappa shape index (κ2) is 7.81. The van der Waals surface area contributed by atoms with Gasteiger partial charge in [-0.15, -0.1) is 12.4 Å². The molecule has 3 atom stereocenters. The van der Waals surface area contributed by atoms with Crippen LogP contribution in [0.4, 0.5) is 0 Å². The normalized spacial score (nSPS) is 24.5. The van der Waals surface area contributed by atoms with Gasteiger partial charge in [-0.25, -0.2) is 0 Å². The highest BCUT2D eigenvalue weighted by molar-refractivity contribution is 5.87. The maximum Gasteiger partial charge on any atom is 0.244 e. The van der Waals surface area contributed by atoms with Gasteiger partial charge in [0.2, 0.25) is 5.91 Å². The minimum Gasteiger partial charge on any atom is -0.351 e. The summed E-state index contributed by atoms with van der Waals surface area (Å²) in [5, 5.41) is 3.16. The fraction of sp³-hybridized carbons (Fsp3) is 0.588. The number of carbonyl (C=O) groups is 1. The van der Waals surface area contributed by atoms with Crippen molar-refractivity contribution in [1.82, 2.24) is 5.32 Å². The van der Waals surface area contributed by atoms with Gasteiger partial charge in [0, 0.05) is 6.04 Å². The predicted molar refractivity (Wildman–Crippen MR) is 89.4 cm³/mol. The quantitative estimate of drug-likeness (QED) is 0.896. The first-order valence-corrected chi connectivity index (χ1v) is 7.69. The fourth-order valence-electron chi connectivity index (χ4n) is 3.04. The van der Waals surface area contributed by atoms with Crippen molar-refractivity contribution in [2.24, 2.45) is 11.7 Å². The van der Waals surface area contributed by atoms with Crippen molar-refractivity contribution in [1.29, 1.82) is 0 Å². The molecule has 1 amide bonds. The molecule has 4 heteroatoms. The number of carbonyl (C=O) groups excluding carboxylic acids is 1. The van der Waals surface area contributed by atoms with Gasteiger partial charge in [0.1, 0.15) is 5.54 Å². The Morgan fingerprint density at radius 3 is 2.62 bits per heavy atom. The van der Waals surface area contributed by atoms with Crippen molar-refractivity contribution in [3.8, 4) is 0 Å². The standard InChI is InChI=1S/C17H26N2O.ClH/c1-3-13-8-7-11-15(12-13)19-16(20)17(2,18)14-9-5-4-6-10-14;/h4-6,9-10,13,15H,3,7-8,11-12,18H2,1-2H3,(H,19,20);1H. The third-order valence-electron chi connectivity index (χ3n) is 4.54. The van der Waals surface area contributed by atoms with Crippen LogP contribution in [0, 0.1) is 5.92 Å².